The summed E-state index contributed by atoms with van der Waals surface area (Å²) < 4.78 is 5.55. The van der Waals surface area contributed by atoms with Gasteiger partial charge in [-0.25, -0.2) is 0 Å². The first-order chi connectivity index (χ1) is 12.5. The summed E-state index contributed by atoms with van der Waals surface area (Å²) in [5.41, 5.74) is 0.979. The topological polar surface area (TPSA) is 58.6 Å². The second-order valence-corrected chi connectivity index (χ2v) is 6.74. The maximum absolute atomic E-state index is 12.5. The van der Waals surface area contributed by atoms with Crippen LogP contribution in [-0.4, -0.2) is 31.5 Å². The van der Waals surface area contributed by atoms with Crippen molar-refractivity contribution in [3.63, 3.8) is 0 Å². The Balaban J connectivity index is 1.60. The molecule has 0 bridgehead atoms. The summed E-state index contributed by atoms with van der Waals surface area (Å²) in [6, 6.07) is 11.9. The Labute approximate surface area is 161 Å². The van der Waals surface area contributed by atoms with Gasteiger partial charge in [-0.05, 0) is 48.9 Å². The van der Waals surface area contributed by atoms with Gasteiger partial charge in [-0.2, -0.15) is 0 Å². The number of nitrogens with zero attached hydrogens (tertiary/aromatic N) is 1. The number of rotatable bonds is 6. The summed E-state index contributed by atoms with van der Waals surface area (Å²) in [5.74, 6) is 0.418. The first-order valence-electron chi connectivity index (χ1n) is 8.31. The van der Waals surface area contributed by atoms with Gasteiger partial charge in [-0.1, -0.05) is 23.2 Å². The summed E-state index contributed by atoms with van der Waals surface area (Å²) in [5, 5.41) is 3.93. The van der Waals surface area contributed by atoms with Crippen LogP contribution in [0.4, 0.5) is 5.69 Å². The lowest BCUT2D eigenvalue weighted by Crippen LogP contribution is -2.31. The molecule has 0 radical (unpaired) electrons. The maximum Gasteiger partial charge on any atom is 0.253 e. The largest absolute Gasteiger partial charge is 0.492 e. The van der Waals surface area contributed by atoms with Crippen LogP contribution in [0.2, 0.25) is 10.0 Å². The molecule has 26 heavy (non-hydrogen) atoms. The molecular weight excluding hydrogens is 375 g/mol. The Morgan fingerprint density at radius 2 is 1.85 bits per heavy atom. The minimum absolute atomic E-state index is 0.00684. The molecule has 1 aliphatic rings. The first kappa shape index (κ1) is 18.5. The number of hydrogen-bond donors (Lipinski definition) is 1. The van der Waals surface area contributed by atoms with E-state index < -0.39 is 0 Å². The quantitative estimate of drug-likeness (QED) is 0.757. The molecule has 1 heterocycles. The second kappa shape index (κ2) is 8.43. The Morgan fingerprint density at radius 1 is 1.12 bits per heavy atom. The lowest BCUT2D eigenvalue weighted by Gasteiger charge is -2.19. The van der Waals surface area contributed by atoms with Crippen molar-refractivity contribution in [3.05, 3.63) is 58.1 Å². The van der Waals surface area contributed by atoms with Crippen molar-refractivity contribution in [2.75, 3.05) is 24.6 Å². The predicted octanol–water partition coefficient (Wildman–Crippen LogP) is 3.93. The molecule has 2 aromatic carbocycles. The van der Waals surface area contributed by atoms with Gasteiger partial charge in [-0.15, -0.1) is 0 Å². The van der Waals surface area contributed by atoms with Crippen LogP contribution in [-0.2, 0) is 4.79 Å². The Kier molecular flexibility index (Phi) is 6.01. The fourth-order valence-corrected chi connectivity index (χ4v) is 3.07. The highest BCUT2D eigenvalue weighted by Crippen LogP contribution is 2.28. The molecule has 0 spiro atoms. The van der Waals surface area contributed by atoms with E-state index in [-0.39, 0.29) is 11.8 Å². The number of halogens is 2. The molecule has 2 amide bonds. The maximum atomic E-state index is 12.5. The molecule has 0 saturated carbocycles. The summed E-state index contributed by atoms with van der Waals surface area (Å²) in [4.78, 5) is 26.2. The molecule has 7 heteroatoms. The number of carbonyl (C=O) groups excluding carboxylic acids is 2. The number of hydrogen-bond acceptors (Lipinski definition) is 3. The van der Waals surface area contributed by atoms with E-state index in [1.165, 1.54) is 0 Å². The molecule has 1 saturated heterocycles. The fraction of sp³-hybridized carbons (Fsp3) is 0.263. The van der Waals surface area contributed by atoms with E-state index in [9.17, 15) is 9.59 Å². The molecule has 0 unspecified atom stereocenters. The van der Waals surface area contributed by atoms with Crippen LogP contribution in [0.15, 0.2) is 42.5 Å². The van der Waals surface area contributed by atoms with Gasteiger partial charge in [0.25, 0.3) is 5.91 Å². The highest BCUT2D eigenvalue weighted by molar-refractivity contribution is 6.31. The molecular formula is C19H18Cl2N2O3. The zero-order valence-electron chi connectivity index (χ0n) is 14.0. The van der Waals surface area contributed by atoms with Crippen LogP contribution in [0.25, 0.3) is 0 Å². The summed E-state index contributed by atoms with van der Waals surface area (Å²) >= 11 is 11.9. The van der Waals surface area contributed by atoms with Crippen molar-refractivity contribution in [1.82, 2.24) is 5.32 Å². The zero-order valence-corrected chi connectivity index (χ0v) is 15.5. The van der Waals surface area contributed by atoms with Gasteiger partial charge in [0.1, 0.15) is 12.4 Å². The van der Waals surface area contributed by atoms with Gasteiger partial charge >= 0.3 is 0 Å². The van der Waals surface area contributed by atoms with Crippen molar-refractivity contribution in [3.8, 4) is 5.75 Å². The van der Waals surface area contributed by atoms with Crippen molar-refractivity contribution in [2.24, 2.45) is 0 Å². The monoisotopic (exact) mass is 392 g/mol. The minimum atomic E-state index is -0.268. The lowest BCUT2D eigenvalue weighted by molar-refractivity contribution is -0.117. The van der Waals surface area contributed by atoms with E-state index in [4.69, 9.17) is 27.9 Å². The third-order valence-corrected chi connectivity index (χ3v) is 4.53. The molecule has 3 rings (SSSR count). The summed E-state index contributed by atoms with van der Waals surface area (Å²) in [6.45, 7) is 1.25. The normalized spacial score (nSPS) is 13.8. The van der Waals surface area contributed by atoms with Gasteiger partial charge in [0.05, 0.1) is 17.8 Å². The molecule has 0 aromatic heterocycles. The van der Waals surface area contributed by atoms with Gasteiger partial charge in [-0.3, -0.25) is 9.59 Å². The summed E-state index contributed by atoms with van der Waals surface area (Å²) in [7, 11) is 0. The Hall–Kier alpha value is -2.24. The highest BCUT2D eigenvalue weighted by atomic mass is 35.5. The van der Waals surface area contributed by atoms with Crippen molar-refractivity contribution >= 4 is 40.7 Å². The molecule has 1 fully saturated rings. The summed E-state index contributed by atoms with van der Waals surface area (Å²) in [6.07, 6.45) is 1.27. The minimum Gasteiger partial charge on any atom is -0.492 e. The van der Waals surface area contributed by atoms with E-state index in [1.807, 2.05) is 0 Å². The molecule has 2 aromatic rings. The van der Waals surface area contributed by atoms with Crippen molar-refractivity contribution in [1.29, 1.82) is 0 Å². The third-order valence-electron chi connectivity index (χ3n) is 4.04. The SMILES string of the molecule is O=C(NCCOc1ccc(Cl)cc1)c1ccc(Cl)cc1N1CCCC1=O. The van der Waals surface area contributed by atoms with Crippen LogP contribution < -0.4 is 15.0 Å². The van der Waals surface area contributed by atoms with Crippen LogP contribution in [0, 0.1) is 0 Å². The average molecular weight is 393 g/mol. The van der Waals surface area contributed by atoms with E-state index in [1.54, 1.807) is 47.4 Å². The molecule has 136 valence electrons. The van der Waals surface area contributed by atoms with Crippen molar-refractivity contribution < 1.29 is 14.3 Å². The van der Waals surface area contributed by atoms with Crippen LogP contribution >= 0.6 is 23.2 Å². The first-order valence-corrected chi connectivity index (χ1v) is 9.06. The number of nitrogens with one attached hydrogen (secondary N) is 1. The van der Waals surface area contributed by atoms with Gasteiger partial charge < -0.3 is 15.0 Å². The Bertz CT molecular complexity index is 809. The van der Waals surface area contributed by atoms with E-state index >= 15 is 0 Å². The Morgan fingerprint density at radius 3 is 2.54 bits per heavy atom. The molecule has 5 nitrogen and oxygen atoms in total. The lowest BCUT2D eigenvalue weighted by atomic mass is 10.1. The number of ether oxygens (including phenoxy) is 1. The van der Waals surface area contributed by atoms with Gasteiger partial charge in [0.2, 0.25) is 5.91 Å². The molecule has 1 aliphatic heterocycles. The van der Waals surface area contributed by atoms with E-state index in [0.29, 0.717) is 53.2 Å². The second-order valence-electron chi connectivity index (χ2n) is 5.87. The molecule has 1 N–H and O–H groups in total. The number of amides is 2. The molecule has 0 atom stereocenters. The van der Waals surface area contributed by atoms with E-state index in [0.717, 1.165) is 6.42 Å². The highest BCUT2D eigenvalue weighted by Gasteiger charge is 2.26. The van der Waals surface area contributed by atoms with E-state index in [2.05, 4.69) is 5.32 Å². The average Bonchev–Trinajstić information content (AvgIpc) is 3.06. The number of anilines is 1. The fourth-order valence-electron chi connectivity index (χ4n) is 2.78. The van der Waals surface area contributed by atoms with Crippen LogP contribution in [0.1, 0.15) is 23.2 Å². The van der Waals surface area contributed by atoms with Crippen molar-refractivity contribution in [2.45, 2.75) is 12.8 Å². The third kappa shape index (κ3) is 4.48. The number of benzene rings is 2. The smallest absolute Gasteiger partial charge is 0.253 e. The van der Waals surface area contributed by atoms with Gasteiger partial charge in [0.15, 0.2) is 0 Å². The standard InChI is InChI=1S/C19H18Cl2N2O3/c20-13-3-6-15(7-4-13)26-11-9-22-19(25)16-8-5-14(21)12-17(16)23-10-1-2-18(23)24/h3-8,12H,1-2,9-11H2,(H,22,25). The number of carbonyl (C=O) groups is 2. The zero-order chi connectivity index (χ0) is 18.5. The van der Waals surface area contributed by atoms with Crippen LogP contribution in [0.3, 0.4) is 0 Å². The molecule has 0 aliphatic carbocycles. The van der Waals surface area contributed by atoms with Crippen LogP contribution in [0.5, 0.6) is 5.75 Å². The van der Waals surface area contributed by atoms with Gasteiger partial charge in [0, 0.05) is 23.0 Å². The predicted molar refractivity (Wildman–Crippen MR) is 102 cm³/mol.